The Morgan fingerprint density at radius 2 is 0.883 bits per heavy atom. The number of esters is 4. The zero-order chi connectivity index (χ0) is 54.7. The lowest BCUT2D eigenvalue weighted by atomic mass is 9.85. The van der Waals surface area contributed by atoms with Crippen LogP contribution in [0, 0.1) is 0 Å². The van der Waals surface area contributed by atoms with Gasteiger partial charge in [0.2, 0.25) is 0 Å². The van der Waals surface area contributed by atoms with Gasteiger partial charge in [0.15, 0.2) is 6.10 Å². The number of hydrogen-bond donors (Lipinski definition) is 0. The minimum absolute atomic E-state index is 0.0806. The van der Waals surface area contributed by atoms with E-state index in [2.05, 4.69) is 13.8 Å². The Bertz CT molecular complexity index is 1830. The summed E-state index contributed by atoms with van der Waals surface area (Å²) in [6.07, 6.45) is 35.8. The summed E-state index contributed by atoms with van der Waals surface area (Å²) in [5.41, 5.74) is -1.09. The Morgan fingerprint density at radius 1 is 0.494 bits per heavy atom. The van der Waals surface area contributed by atoms with Crippen molar-refractivity contribution in [1.82, 2.24) is 0 Å². The van der Waals surface area contributed by atoms with E-state index in [0.717, 1.165) is 81.5 Å². The minimum Gasteiger partial charge on any atom is -0.462 e. The monoisotopic (exact) mass is 1070 g/mol. The fourth-order valence-corrected chi connectivity index (χ4v) is 12.4. The van der Waals surface area contributed by atoms with Crippen molar-refractivity contribution in [2.75, 3.05) is 32.9 Å². The summed E-state index contributed by atoms with van der Waals surface area (Å²) in [6, 6.07) is 18.8. The van der Waals surface area contributed by atoms with Crippen LogP contribution in [-0.2, 0) is 53.2 Å². The number of hydrogen-bond acceptors (Lipinski definition) is 11. The summed E-state index contributed by atoms with van der Waals surface area (Å²) in [4.78, 5) is 67.5. The molecule has 3 saturated heterocycles. The second-order valence-corrected chi connectivity index (χ2v) is 22.8. The van der Waals surface area contributed by atoms with E-state index in [9.17, 15) is 24.0 Å². The van der Waals surface area contributed by atoms with Gasteiger partial charge >= 0.3 is 30.0 Å². The van der Waals surface area contributed by atoms with Crippen LogP contribution in [0.4, 0.5) is 4.79 Å². The van der Waals surface area contributed by atoms with Gasteiger partial charge in [-0.3, -0.25) is 14.4 Å². The second-order valence-electron chi connectivity index (χ2n) is 22.8. The number of carbonyl (C=O) groups is 5. The van der Waals surface area contributed by atoms with Gasteiger partial charge in [-0.25, -0.2) is 9.59 Å². The molecule has 0 N–H and O–H groups in total. The first-order valence-electron chi connectivity index (χ1n) is 31.2. The Hall–Kier alpha value is -4.45. The third-order valence-electron chi connectivity index (χ3n) is 16.8. The summed E-state index contributed by atoms with van der Waals surface area (Å²) in [5.74, 6) is -2.06. The van der Waals surface area contributed by atoms with E-state index >= 15 is 0 Å². The minimum atomic E-state index is -1.95. The standard InChI is InChI=1S/C65H102NO11/c1-3-5-7-9-11-13-15-17-19-21-23-25-33-42-60(67)73-52-59(53-74-61(68)43-34-26-24-22-20-18-16-14-12-10-8-6-4-2)75-62(69)44-37-49-72-64(71)77-65(54-38-29-27-30-39-54,55-40-31-28-32-41-55)63(70)76-58-50-56-45-46-57(51-58)66(56)47-35-36-48-66/h27-32,38-41,56-59H,3-26,33-37,42-53H2,1-2H3/q+1. The molecule has 1 spiro atoms. The number of quaternary nitrogens is 1. The van der Waals surface area contributed by atoms with E-state index in [1.165, 1.54) is 142 Å². The van der Waals surface area contributed by atoms with Crippen molar-refractivity contribution < 1.29 is 56.9 Å². The van der Waals surface area contributed by atoms with Crippen LogP contribution in [0.3, 0.4) is 0 Å². The first-order chi connectivity index (χ1) is 37.7. The normalized spacial score (nSPS) is 17.6. The number of piperidine rings is 1. The molecule has 3 fully saturated rings. The van der Waals surface area contributed by atoms with E-state index in [0.29, 0.717) is 23.2 Å². The van der Waals surface area contributed by atoms with E-state index in [1.54, 1.807) is 48.5 Å². The molecule has 3 aliphatic rings. The fourth-order valence-electron chi connectivity index (χ4n) is 12.4. The van der Waals surface area contributed by atoms with E-state index in [4.69, 9.17) is 28.4 Å². The molecule has 0 amide bonds. The molecule has 0 aromatic heterocycles. The highest BCUT2D eigenvalue weighted by atomic mass is 16.7. The summed E-state index contributed by atoms with van der Waals surface area (Å²) < 4.78 is 36.2. The van der Waals surface area contributed by atoms with Crippen LogP contribution in [-0.4, -0.2) is 91.7 Å². The van der Waals surface area contributed by atoms with E-state index in [-0.39, 0.29) is 63.5 Å². The summed E-state index contributed by atoms with van der Waals surface area (Å²) >= 11 is 0. The third-order valence-corrected chi connectivity index (χ3v) is 16.8. The maximum Gasteiger partial charge on any atom is 0.510 e. The van der Waals surface area contributed by atoms with Gasteiger partial charge in [0, 0.05) is 68.9 Å². The molecule has 3 aliphatic heterocycles. The summed E-state index contributed by atoms with van der Waals surface area (Å²) in [5, 5.41) is 0. The molecular formula is C65H102NO11+. The number of carbonyl (C=O) groups excluding carboxylic acids is 5. The highest BCUT2D eigenvalue weighted by Gasteiger charge is 2.57. The van der Waals surface area contributed by atoms with Gasteiger partial charge in [-0.15, -0.1) is 0 Å². The lowest BCUT2D eigenvalue weighted by Gasteiger charge is -2.47. The fraction of sp³-hybridized carbons (Fsp3) is 0.738. The van der Waals surface area contributed by atoms with Gasteiger partial charge in [-0.1, -0.05) is 229 Å². The molecule has 2 aromatic carbocycles. The van der Waals surface area contributed by atoms with E-state index in [1.807, 2.05) is 12.1 Å². The molecule has 3 heterocycles. The SMILES string of the molecule is CCCCCCCCCCCCCCCC(=O)OCC(COC(=O)CCCCCCCCCCCCCCC)OC(=O)CCCOC(=O)OC(C(=O)OC1CC2CCC(C1)[N+]21CCCC1)(c1ccccc1)c1ccccc1. The van der Waals surface area contributed by atoms with Crippen molar-refractivity contribution in [2.24, 2.45) is 0 Å². The first-order valence-corrected chi connectivity index (χ1v) is 31.2. The molecule has 2 atom stereocenters. The van der Waals surface area contributed by atoms with Gasteiger partial charge in [0.25, 0.3) is 5.60 Å². The molecule has 0 aliphatic carbocycles. The average molecular weight is 1070 g/mol. The molecule has 2 aromatic rings. The topological polar surface area (TPSA) is 141 Å². The third kappa shape index (κ3) is 22.7. The Balaban J connectivity index is 1.07. The van der Waals surface area contributed by atoms with Crippen LogP contribution >= 0.6 is 0 Å². The lowest BCUT2D eigenvalue weighted by Crippen LogP contribution is -2.60. The van der Waals surface area contributed by atoms with Crippen molar-refractivity contribution in [3.63, 3.8) is 0 Å². The zero-order valence-electron chi connectivity index (χ0n) is 48.0. The largest absolute Gasteiger partial charge is 0.510 e. The van der Waals surface area contributed by atoms with Gasteiger partial charge in [-0.2, -0.15) is 0 Å². The molecule has 0 saturated carbocycles. The maximum atomic E-state index is 14.8. The number of unbranched alkanes of at least 4 members (excludes halogenated alkanes) is 24. The molecular weight excluding hydrogens is 971 g/mol. The number of nitrogens with zero attached hydrogens (tertiary/aromatic N) is 1. The van der Waals surface area contributed by atoms with Gasteiger partial charge in [0.05, 0.1) is 31.8 Å². The van der Waals surface area contributed by atoms with Crippen LogP contribution in [0.5, 0.6) is 0 Å². The molecule has 5 rings (SSSR count). The molecule has 12 heteroatoms. The molecule has 432 valence electrons. The lowest BCUT2D eigenvalue weighted by molar-refractivity contribution is -0.956. The zero-order valence-corrected chi connectivity index (χ0v) is 48.0. The summed E-state index contributed by atoms with van der Waals surface area (Å²) in [7, 11) is 0. The Morgan fingerprint density at radius 3 is 1.30 bits per heavy atom. The number of benzene rings is 2. The Kier molecular flexibility index (Phi) is 30.8. The molecule has 2 bridgehead atoms. The quantitative estimate of drug-likeness (QED) is 0.0271. The highest BCUT2D eigenvalue weighted by Crippen LogP contribution is 2.47. The molecule has 2 unspecified atom stereocenters. The van der Waals surface area contributed by atoms with Crippen molar-refractivity contribution in [2.45, 2.75) is 275 Å². The van der Waals surface area contributed by atoms with Crippen molar-refractivity contribution >= 4 is 30.0 Å². The van der Waals surface area contributed by atoms with Crippen LogP contribution in [0.1, 0.15) is 256 Å². The number of rotatable bonds is 42. The van der Waals surface area contributed by atoms with Gasteiger partial charge in [0.1, 0.15) is 19.3 Å². The highest BCUT2D eigenvalue weighted by molar-refractivity contribution is 5.88. The van der Waals surface area contributed by atoms with Crippen LogP contribution in [0.15, 0.2) is 60.7 Å². The summed E-state index contributed by atoms with van der Waals surface area (Å²) in [6.45, 7) is 6.21. The predicted molar refractivity (Wildman–Crippen MR) is 303 cm³/mol. The average Bonchev–Trinajstić information content (AvgIpc) is 4.05. The second kappa shape index (κ2) is 37.4. The van der Waals surface area contributed by atoms with Crippen molar-refractivity contribution in [1.29, 1.82) is 0 Å². The smallest absolute Gasteiger partial charge is 0.462 e. The van der Waals surface area contributed by atoms with Gasteiger partial charge < -0.3 is 32.9 Å². The van der Waals surface area contributed by atoms with Crippen LogP contribution in [0.25, 0.3) is 0 Å². The number of ether oxygens (including phenoxy) is 6. The van der Waals surface area contributed by atoms with Crippen molar-refractivity contribution in [3.8, 4) is 0 Å². The van der Waals surface area contributed by atoms with Crippen molar-refractivity contribution in [3.05, 3.63) is 71.8 Å². The molecule has 0 radical (unpaired) electrons. The van der Waals surface area contributed by atoms with E-state index < -0.39 is 29.8 Å². The predicted octanol–water partition coefficient (Wildman–Crippen LogP) is 15.7. The molecule has 77 heavy (non-hydrogen) atoms. The maximum absolute atomic E-state index is 14.8. The Labute approximate surface area is 464 Å². The van der Waals surface area contributed by atoms with Crippen LogP contribution < -0.4 is 0 Å². The van der Waals surface area contributed by atoms with Crippen LogP contribution in [0.2, 0.25) is 0 Å². The molecule has 12 nitrogen and oxygen atoms in total. The first kappa shape index (κ1) is 63.4. The van der Waals surface area contributed by atoms with Gasteiger partial charge in [-0.05, 0) is 19.3 Å².